The highest BCUT2D eigenvalue weighted by Gasteiger charge is 2.34. The summed E-state index contributed by atoms with van der Waals surface area (Å²) in [7, 11) is 0. The zero-order chi connectivity index (χ0) is 10.9. The van der Waals surface area contributed by atoms with Crippen LogP contribution < -0.4 is 0 Å². The smallest absolute Gasteiger partial charge is 0.389 e. The normalized spacial score (nSPS) is 14.1. The van der Waals surface area contributed by atoms with Gasteiger partial charge >= 0.3 is 6.18 Å². The molecule has 1 aromatic rings. The molecule has 0 unspecified atom stereocenters. The van der Waals surface area contributed by atoms with Crippen molar-refractivity contribution in [2.45, 2.75) is 19.2 Å². The molecule has 0 saturated heterocycles. The molecule has 0 radical (unpaired) electrons. The summed E-state index contributed by atoms with van der Waals surface area (Å²) in [4.78, 5) is 0. The highest BCUT2D eigenvalue weighted by atomic mass is 35.5. The van der Waals surface area contributed by atoms with E-state index in [-0.39, 0.29) is 10.6 Å². The predicted molar refractivity (Wildman–Crippen MR) is 47.1 cm³/mol. The molecule has 1 atom stereocenters. The van der Waals surface area contributed by atoms with Crippen LogP contribution in [0, 0.1) is 0 Å². The van der Waals surface area contributed by atoms with E-state index in [1.165, 1.54) is 19.1 Å². The largest absolute Gasteiger partial charge is 0.416 e. The van der Waals surface area contributed by atoms with E-state index in [1.54, 1.807) is 0 Å². The van der Waals surface area contributed by atoms with Crippen molar-refractivity contribution in [1.29, 1.82) is 0 Å². The maximum absolute atomic E-state index is 12.4. The molecule has 5 heteroatoms. The topological polar surface area (TPSA) is 20.2 Å². The highest BCUT2D eigenvalue weighted by Crippen LogP contribution is 2.36. The van der Waals surface area contributed by atoms with E-state index in [2.05, 4.69) is 0 Å². The standard InChI is InChI=1S/C9H8ClF3O/c1-5(14)7-3-2-6(10)4-8(7)9(11,12)13/h2-5,14H,1H3/t5-/m0/s1. The molecule has 14 heavy (non-hydrogen) atoms. The van der Waals surface area contributed by atoms with Crippen LogP contribution in [0.4, 0.5) is 13.2 Å². The van der Waals surface area contributed by atoms with Crippen LogP contribution in [0.15, 0.2) is 18.2 Å². The third kappa shape index (κ3) is 2.39. The summed E-state index contributed by atoms with van der Waals surface area (Å²) in [6.45, 7) is 1.28. The van der Waals surface area contributed by atoms with Gasteiger partial charge in [0.2, 0.25) is 0 Å². The first-order valence-corrected chi connectivity index (χ1v) is 4.25. The quantitative estimate of drug-likeness (QED) is 0.775. The molecule has 0 heterocycles. The highest BCUT2D eigenvalue weighted by molar-refractivity contribution is 6.30. The van der Waals surface area contributed by atoms with Gasteiger partial charge in [0.05, 0.1) is 11.7 Å². The molecule has 0 spiro atoms. The number of rotatable bonds is 1. The zero-order valence-corrected chi connectivity index (χ0v) is 8.02. The van der Waals surface area contributed by atoms with Crippen LogP contribution in [-0.2, 0) is 6.18 Å². The van der Waals surface area contributed by atoms with Gasteiger partial charge in [-0.25, -0.2) is 0 Å². The molecule has 1 nitrogen and oxygen atoms in total. The zero-order valence-electron chi connectivity index (χ0n) is 7.27. The van der Waals surface area contributed by atoms with E-state index in [4.69, 9.17) is 16.7 Å². The van der Waals surface area contributed by atoms with Gasteiger partial charge in [-0.05, 0) is 24.6 Å². The van der Waals surface area contributed by atoms with E-state index < -0.39 is 17.8 Å². The molecule has 1 aromatic carbocycles. The van der Waals surface area contributed by atoms with Gasteiger partial charge in [0.25, 0.3) is 0 Å². The molecule has 0 saturated carbocycles. The van der Waals surface area contributed by atoms with Gasteiger partial charge in [-0.1, -0.05) is 17.7 Å². The van der Waals surface area contributed by atoms with Gasteiger partial charge in [0, 0.05) is 5.02 Å². The molecule has 0 fully saturated rings. The van der Waals surface area contributed by atoms with Crippen molar-refractivity contribution in [3.63, 3.8) is 0 Å². The Morgan fingerprint density at radius 1 is 1.36 bits per heavy atom. The molecule has 1 N–H and O–H groups in total. The molecule has 0 aliphatic carbocycles. The van der Waals surface area contributed by atoms with Crippen LogP contribution in [0.1, 0.15) is 24.2 Å². The van der Waals surface area contributed by atoms with Crippen molar-refractivity contribution in [2.24, 2.45) is 0 Å². The Kier molecular flexibility index (Phi) is 3.07. The van der Waals surface area contributed by atoms with Gasteiger partial charge < -0.3 is 5.11 Å². The fourth-order valence-electron chi connectivity index (χ4n) is 1.14. The minimum absolute atomic E-state index is 0.00160. The number of alkyl halides is 3. The number of halogens is 4. The first kappa shape index (κ1) is 11.3. The van der Waals surface area contributed by atoms with Gasteiger partial charge in [-0.2, -0.15) is 13.2 Å². The first-order chi connectivity index (χ1) is 6.32. The van der Waals surface area contributed by atoms with Crippen molar-refractivity contribution in [2.75, 3.05) is 0 Å². The van der Waals surface area contributed by atoms with Crippen LogP contribution in [0.3, 0.4) is 0 Å². The Labute approximate surface area is 84.1 Å². The minimum atomic E-state index is -4.49. The molecule has 0 aliphatic rings. The Balaban J connectivity index is 3.30. The maximum atomic E-state index is 12.4. The summed E-state index contributed by atoms with van der Waals surface area (Å²) < 4.78 is 37.3. The van der Waals surface area contributed by atoms with Crippen molar-refractivity contribution >= 4 is 11.6 Å². The van der Waals surface area contributed by atoms with Crippen LogP contribution >= 0.6 is 11.6 Å². The Hall–Kier alpha value is -0.740. The minimum Gasteiger partial charge on any atom is -0.389 e. The molecule has 0 aliphatic heterocycles. The van der Waals surface area contributed by atoms with E-state index in [0.29, 0.717) is 0 Å². The van der Waals surface area contributed by atoms with Gasteiger partial charge in [-0.15, -0.1) is 0 Å². The van der Waals surface area contributed by atoms with Crippen molar-refractivity contribution in [3.8, 4) is 0 Å². The van der Waals surface area contributed by atoms with Crippen molar-refractivity contribution in [1.82, 2.24) is 0 Å². The lowest BCUT2D eigenvalue weighted by molar-refractivity contribution is -0.139. The molecule has 0 bridgehead atoms. The third-order valence-electron chi connectivity index (χ3n) is 1.77. The predicted octanol–water partition coefficient (Wildman–Crippen LogP) is 3.41. The van der Waals surface area contributed by atoms with Gasteiger partial charge in [0.1, 0.15) is 0 Å². The lowest BCUT2D eigenvalue weighted by Gasteiger charge is -2.14. The van der Waals surface area contributed by atoms with Crippen molar-refractivity contribution in [3.05, 3.63) is 34.3 Å². The average Bonchev–Trinajstić information content (AvgIpc) is 2.01. The number of aliphatic hydroxyl groups excluding tert-OH is 1. The summed E-state index contributed by atoms with van der Waals surface area (Å²) >= 11 is 5.45. The van der Waals surface area contributed by atoms with E-state index >= 15 is 0 Å². The third-order valence-corrected chi connectivity index (χ3v) is 2.01. The van der Waals surface area contributed by atoms with E-state index in [0.717, 1.165) is 6.07 Å². The maximum Gasteiger partial charge on any atom is 0.416 e. The number of aliphatic hydroxyl groups is 1. The molecule has 0 amide bonds. The lowest BCUT2D eigenvalue weighted by Crippen LogP contribution is -2.10. The van der Waals surface area contributed by atoms with Crippen molar-refractivity contribution < 1.29 is 18.3 Å². The van der Waals surface area contributed by atoms with E-state index in [9.17, 15) is 13.2 Å². The van der Waals surface area contributed by atoms with E-state index in [1.807, 2.05) is 0 Å². The summed E-state index contributed by atoms with van der Waals surface area (Å²) in [6.07, 6.45) is -5.65. The summed E-state index contributed by atoms with van der Waals surface area (Å²) in [6, 6.07) is 3.30. The summed E-state index contributed by atoms with van der Waals surface area (Å²) in [5.74, 6) is 0. The Morgan fingerprint density at radius 3 is 2.36 bits per heavy atom. The van der Waals surface area contributed by atoms with Crippen LogP contribution in [-0.4, -0.2) is 5.11 Å². The Morgan fingerprint density at radius 2 is 1.93 bits per heavy atom. The molecule has 1 rings (SSSR count). The van der Waals surface area contributed by atoms with Gasteiger partial charge in [-0.3, -0.25) is 0 Å². The second-order valence-electron chi connectivity index (χ2n) is 2.91. The molecule has 78 valence electrons. The monoisotopic (exact) mass is 224 g/mol. The van der Waals surface area contributed by atoms with Crippen LogP contribution in [0.25, 0.3) is 0 Å². The second kappa shape index (κ2) is 3.79. The molecular weight excluding hydrogens is 217 g/mol. The summed E-state index contributed by atoms with van der Waals surface area (Å²) in [5, 5.41) is 9.12. The number of hydrogen-bond donors (Lipinski definition) is 1. The molecule has 0 aromatic heterocycles. The Bertz CT molecular complexity index is 333. The molecular formula is C9H8ClF3O. The first-order valence-electron chi connectivity index (χ1n) is 3.87. The SMILES string of the molecule is C[C@H](O)c1ccc(Cl)cc1C(F)(F)F. The fraction of sp³-hybridized carbons (Fsp3) is 0.333. The lowest BCUT2D eigenvalue weighted by atomic mass is 10.0. The average molecular weight is 225 g/mol. The summed E-state index contributed by atoms with van der Waals surface area (Å²) in [5.41, 5.74) is -1.05. The van der Waals surface area contributed by atoms with Gasteiger partial charge in [0.15, 0.2) is 0 Å². The second-order valence-corrected chi connectivity index (χ2v) is 3.34. The van der Waals surface area contributed by atoms with Crippen LogP contribution in [0.5, 0.6) is 0 Å². The van der Waals surface area contributed by atoms with Crippen LogP contribution in [0.2, 0.25) is 5.02 Å². The number of benzene rings is 1. The number of hydrogen-bond acceptors (Lipinski definition) is 1. The fourth-order valence-corrected chi connectivity index (χ4v) is 1.31.